The van der Waals surface area contributed by atoms with Crippen molar-refractivity contribution < 1.29 is 19.5 Å². The number of allylic oxidation sites excluding steroid dienone is 1. The molecule has 7 nitrogen and oxygen atoms in total. The molecular weight excluding hydrogens is 358 g/mol. The standard InChI is InChI=1S/C21H33N3O4/c1-3-13-9-10-15-17(16(13)19(26)22-2)21(28)24(11-12-25)18(15)20(27)23-14-7-5-4-6-8-14/h9-10,13-18,25H,3-8,11-12H2,1-2H3,(H,22,26)(H,23,27)/t13-,15+,16-,17+,18+/m1/s1. The molecule has 7 heteroatoms. The van der Waals surface area contributed by atoms with Crippen molar-refractivity contribution in [2.45, 2.75) is 57.5 Å². The van der Waals surface area contributed by atoms with Gasteiger partial charge in [0.1, 0.15) is 6.04 Å². The third kappa shape index (κ3) is 3.81. The van der Waals surface area contributed by atoms with Crippen LogP contribution in [0.25, 0.3) is 0 Å². The fraction of sp³-hybridized carbons (Fsp3) is 0.762. The minimum absolute atomic E-state index is 0.0266. The number of fused-ring (bicyclic) bond motifs is 1. The molecule has 156 valence electrons. The molecule has 0 bridgehead atoms. The summed E-state index contributed by atoms with van der Waals surface area (Å²) >= 11 is 0. The summed E-state index contributed by atoms with van der Waals surface area (Å²) in [6.07, 6.45) is 10.1. The Balaban J connectivity index is 1.89. The largest absolute Gasteiger partial charge is 0.395 e. The Morgan fingerprint density at radius 2 is 1.89 bits per heavy atom. The van der Waals surface area contributed by atoms with Gasteiger partial charge in [-0.2, -0.15) is 0 Å². The van der Waals surface area contributed by atoms with Gasteiger partial charge in [-0.25, -0.2) is 0 Å². The molecule has 1 saturated heterocycles. The SMILES string of the molecule is CC[C@@H]1C=C[C@H]2[C@H](C(=O)N(CCO)[C@@H]2C(=O)NC2CCCCC2)[C@@H]1C(=O)NC. The van der Waals surface area contributed by atoms with E-state index >= 15 is 0 Å². The second-order valence-electron chi connectivity index (χ2n) is 8.24. The van der Waals surface area contributed by atoms with Gasteiger partial charge in [0.15, 0.2) is 0 Å². The Hall–Kier alpha value is -1.89. The van der Waals surface area contributed by atoms with E-state index in [2.05, 4.69) is 10.6 Å². The van der Waals surface area contributed by atoms with E-state index in [-0.39, 0.29) is 48.8 Å². The molecule has 0 unspecified atom stereocenters. The van der Waals surface area contributed by atoms with Crippen LogP contribution in [0, 0.1) is 23.7 Å². The molecule has 3 amide bonds. The Bertz CT molecular complexity index is 629. The number of hydrogen-bond donors (Lipinski definition) is 3. The van der Waals surface area contributed by atoms with Crippen molar-refractivity contribution in [3.05, 3.63) is 12.2 Å². The van der Waals surface area contributed by atoms with Crippen LogP contribution in [-0.4, -0.2) is 60.0 Å². The molecule has 2 aliphatic carbocycles. The lowest BCUT2D eigenvalue weighted by atomic mass is 9.68. The summed E-state index contributed by atoms with van der Waals surface area (Å²) in [6, 6.07) is -0.509. The van der Waals surface area contributed by atoms with Gasteiger partial charge >= 0.3 is 0 Å². The molecule has 0 spiro atoms. The summed E-state index contributed by atoms with van der Waals surface area (Å²) in [6.45, 7) is 1.91. The van der Waals surface area contributed by atoms with Gasteiger partial charge < -0.3 is 20.6 Å². The van der Waals surface area contributed by atoms with Crippen molar-refractivity contribution in [2.75, 3.05) is 20.2 Å². The lowest BCUT2D eigenvalue weighted by molar-refractivity contribution is -0.141. The summed E-state index contributed by atoms with van der Waals surface area (Å²) in [7, 11) is 1.58. The van der Waals surface area contributed by atoms with Crippen molar-refractivity contribution in [2.24, 2.45) is 23.7 Å². The van der Waals surface area contributed by atoms with Crippen LogP contribution in [0.2, 0.25) is 0 Å². The van der Waals surface area contributed by atoms with Gasteiger partial charge in [0, 0.05) is 25.6 Å². The lowest BCUT2D eigenvalue weighted by Crippen LogP contribution is -2.51. The molecule has 1 heterocycles. The van der Waals surface area contributed by atoms with Crippen LogP contribution < -0.4 is 10.6 Å². The minimum atomic E-state index is -0.659. The van der Waals surface area contributed by atoms with Crippen molar-refractivity contribution in [3.63, 3.8) is 0 Å². The van der Waals surface area contributed by atoms with Gasteiger partial charge in [-0.05, 0) is 25.2 Å². The first-order chi connectivity index (χ1) is 13.5. The Kier molecular flexibility index (Phi) is 6.75. The molecule has 3 N–H and O–H groups in total. The van der Waals surface area contributed by atoms with E-state index in [0.29, 0.717) is 0 Å². The first-order valence-electron chi connectivity index (χ1n) is 10.6. The average molecular weight is 392 g/mol. The minimum Gasteiger partial charge on any atom is -0.395 e. The van der Waals surface area contributed by atoms with Crippen LogP contribution >= 0.6 is 0 Å². The molecule has 0 radical (unpaired) electrons. The summed E-state index contributed by atoms with van der Waals surface area (Å²) in [5.74, 6) is -1.91. The average Bonchev–Trinajstić information content (AvgIpc) is 2.99. The van der Waals surface area contributed by atoms with Crippen LogP contribution in [0.3, 0.4) is 0 Å². The van der Waals surface area contributed by atoms with Crippen molar-refractivity contribution >= 4 is 17.7 Å². The highest BCUT2D eigenvalue weighted by Crippen LogP contribution is 2.44. The van der Waals surface area contributed by atoms with Crippen LogP contribution in [0.1, 0.15) is 45.4 Å². The van der Waals surface area contributed by atoms with Gasteiger partial charge in [-0.15, -0.1) is 0 Å². The fourth-order valence-electron chi connectivity index (χ4n) is 5.29. The number of amides is 3. The van der Waals surface area contributed by atoms with Crippen LogP contribution in [-0.2, 0) is 14.4 Å². The maximum Gasteiger partial charge on any atom is 0.243 e. The molecule has 0 aromatic carbocycles. The number of likely N-dealkylation sites (tertiary alicyclic amines) is 1. The van der Waals surface area contributed by atoms with Gasteiger partial charge in [0.25, 0.3) is 0 Å². The number of nitrogens with one attached hydrogen (secondary N) is 2. The third-order valence-electron chi connectivity index (χ3n) is 6.69. The fourth-order valence-corrected chi connectivity index (χ4v) is 5.29. The molecule has 3 aliphatic rings. The second-order valence-corrected chi connectivity index (χ2v) is 8.24. The highest BCUT2D eigenvalue weighted by molar-refractivity contribution is 5.96. The molecule has 1 saturated carbocycles. The Morgan fingerprint density at radius 3 is 2.50 bits per heavy atom. The number of carbonyl (C=O) groups is 3. The summed E-state index contributed by atoms with van der Waals surface area (Å²) < 4.78 is 0. The monoisotopic (exact) mass is 391 g/mol. The predicted molar refractivity (Wildman–Crippen MR) is 105 cm³/mol. The zero-order valence-electron chi connectivity index (χ0n) is 16.9. The van der Waals surface area contributed by atoms with Crippen LogP contribution in [0.4, 0.5) is 0 Å². The topological polar surface area (TPSA) is 98.7 Å². The maximum absolute atomic E-state index is 13.2. The predicted octanol–water partition coefficient (Wildman–Crippen LogP) is 0.829. The molecule has 1 aliphatic heterocycles. The van der Waals surface area contributed by atoms with Crippen molar-refractivity contribution in [1.82, 2.24) is 15.5 Å². The zero-order valence-corrected chi connectivity index (χ0v) is 16.9. The molecule has 2 fully saturated rings. The van der Waals surface area contributed by atoms with E-state index in [1.807, 2.05) is 19.1 Å². The number of rotatable bonds is 6. The van der Waals surface area contributed by atoms with Crippen LogP contribution in [0.15, 0.2) is 12.2 Å². The first-order valence-corrected chi connectivity index (χ1v) is 10.6. The highest BCUT2D eigenvalue weighted by Gasteiger charge is 2.56. The van der Waals surface area contributed by atoms with Gasteiger partial charge in [-0.1, -0.05) is 38.3 Å². The number of nitrogens with zero attached hydrogens (tertiary/aromatic N) is 1. The molecule has 5 atom stereocenters. The van der Waals surface area contributed by atoms with Gasteiger partial charge in [0.05, 0.1) is 18.4 Å². The number of carbonyl (C=O) groups excluding carboxylic acids is 3. The summed E-state index contributed by atoms with van der Waals surface area (Å²) in [5.41, 5.74) is 0. The number of aliphatic hydroxyl groups is 1. The van der Waals surface area contributed by atoms with Crippen LogP contribution in [0.5, 0.6) is 0 Å². The van der Waals surface area contributed by atoms with E-state index in [1.54, 1.807) is 7.05 Å². The van der Waals surface area contributed by atoms with E-state index in [9.17, 15) is 19.5 Å². The number of β-amino-alcohol motifs (C(OH)–C–C–N with tert-alkyl or cyclic N) is 1. The van der Waals surface area contributed by atoms with Gasteiger partial charge in [-0.3, -0.25) is 14.4 Å². The molecule has 0 aromatic rings. The van der Waals surface area contributed by atoms with E-state index in [4.69, 9.17) is 0 Å². The zero-order chi connectivity index (χ0) is 20.3. The molecule has 28 heavy (non-hydrogen) atoms. The first kappa shape index (κ1) is 20.8. The number of aliphatic hydroxyl groups excluding tert-OH is 1. The lowest BCUT2D eigenvalue weighted by Gasteiger charge is -2.34. The normalized spacial score (nSPS) is 32.9. The maximum atomic E-state index is 13.2. The Morgan fingerprint density at radius 1 is 1.18 bits per heavy atom. The highest BCUT2D eigenvalue weighted by atomic mass is 16.3. The molecular formula is C21H33N3O4. The number of hydrogen-bond acceptors (Lipinski definition) is 4. The van der Waals surface area contributed by atoms with E-state index in [1.165, 1.54) is 11.3 Å². The van der Waals surface area contributed by atoms with E-state index in [0.717, 1.165) is 32.1 Å². The third-order valence-corrected chi connectivity index (χ3v) is 6.69. The van der Waals surface area contributed by atoms with Crippen molar-refractivity contribution in [3.8, 4) is 0 Å². The quantitative estimate of drug-likeness (QED) is 0.584. The smallest absolute Gasteiger partial charge is 0.243 e. The van der Waals surface area contributed by atoms with E-state index < -0.39 is 17.9 Å². The van der Waals surface area contributed by atoms with Crippen molar-refractivity contribution in [1.29, 1.82) is 0 Å². The summed E-state index contributed by atoms with van der Waals surface area (Å²) in [4.78, 5) is 40.5. The second kappa shape index (κ2) is 9.07. The van der Waals surface area contributed by atoms with Gasteiger partial charge in [0.2, 0.25) is 17.7 Å². The Labute approximate surface area is 166 Å². The summed E-state index contributed by atoms with van der Waals surface area (Å²) in [5, 5.41) is 15.3. The molecule has 3 rings (SSSR count). The molecule has 0 aromatic heterocycles.